The summed E-state index contributed by atoms with van der Waals surface area (Å²) >= 11 is 4.96. The lowest BCUT2D eigenvalue weighted by molar-refractivity contribution is 0.502. The summed E-state index contributed by atoms with van der Waals surface area (Å²) in [7, 11) is -5.84. The molecule has 0 saturated heterocycles. The van der Waals surface area contributed by atoms with Gasteiger partial charge in [0.05, 0.1) is 15.7 Å². The molecule has 0 aliphatic carbocycles. The van der Waals surface area contributed by atoms with Crippen molar-refractivity contribution in [1.82, 2.24) is 37.0 Å². The molecular weight excluding hydrogens is 635 g/mol. The Hall–Kier alpha value is -3.25. The average Bonchev–Trinajstić information content (AvgIpc) is 3.64. The second kappa shape index (κ2) is 9.74. The lowest BCUT2D eigenvalue weighted by Crippen LogP contribution is -2.29. The summed E-state index contributed by atoms with van der Waals surface area (Å²) in [5.74, 6) is -0.618. The number of thiazole rings is 1. The van der Waals surface area contributed by atoms with Gasteiger partial charge in [-0.3, -0.25) is 4.40 Å². The maximum absolute atomic E-state index is 13.7. The molecule has 0 radical (unpaired) electrons. The van der Waals surface area contributed by atoms with Gasteiger partial charge in [-0.1, -0.05) is 23.5 Å². The van der Waals surface area contributed by atoms with E-state index in [9.17, 15) is 21.2 Å². The van der Waals surface area contributed by atoms with Crippen LogP contribution < -0.4 is 0 Å². The molecule has 0 aliphatic rings. The predicted molar refractivity (Wildman–Crippen MR) is 148 cm³/mol. The zero-order chi connectivity index (χ0) is 28.3. The fourth-order valence-corrected chi connectivity index (χ4v) is 7.70. The number of aromatic nitrogens is 7. The first-order chi connectivity index (χ1) is 18.3. The van der Waals surface area contributed by atoms with Gasteiger partial charge in [0, 0.05) is 29.6 Å². The fourth-order valence-electron chi connectivity index (χ4n) is 3.91. The van der Waals surface area contributed by atoms with Crippen LogP contribution in [0, 0.1) is 19.7 Å². The minimum absolute atomic E-state index is 0.0844. The zero-order valence-corrected chi connectivity index (χ0v) is 24.8. The summed E-state index contributed by atoms with van der Waals surface area (Å²) in [5, 5.41) is 11.3. The smallest absolute Gasteiger partial charge is 0.272 e. The number of hydrogen-bond donors (Lipinski definition) is 0. The van der Waals surface area contributed by atoms with Gasteiger partial charge in [0.15, 0.2) is 0 Å². The van der Waals surface area contributed by atoms with Crippen LogP contribution in [0.5, 0.6) is 0 Å². The van der Waals surface area contributed by atoms with Crippen LogP contribution in [0.25, 0.3) is 26.1 Å². The number of rotatable bonds is 4. The lowest BCUT2D eigenvalue weighted by atomic mass is 10.2. The molecule has 4 heterocycles. The predicted octanol–water partition coefficient (Wildman–Crippen LogP) is 3.59. The molecule has 2 aromatic carbocycles. The number of para-hydroxylation sites is 1. The summed E-state index contributed by atoms with van der Waals surface area (Å²) in [5.41, 5.74) is 2.86. The van der Waals surface area contributed by atoms with Crippen molar-refractivity contribution in [1.29, 1.82) is 0 Å². The first-order valence-corrected chi connectivity index (χ1v) is 15.5. The highest BCUT2D eigenvalue weighted by atomic mass is 79.9. The highest BCUT2D eigenvalue weighted by Crippen LogP contribution is 2.33. The topological polar surface area (TPSA) is 137 Å². The van der Waals surface area contributed by atoms with E-state index in [0.29, 0.717) is 13.9 Å². The van der Waals surface area contributed by atoms with Crippen LogP contribution in [-0.2, 0) is 20.2 Å². The van der Waals surface area contributed by atoms with Gasteiger partial charge in [0.1, 0.15) is 18.5 Å². The van der Waals surface area contributed by atoms with Crippen LogP contribution in [0.2, 0.25) is 0 Å². The molecule has 17 heteroatoms. The summed E-state index contributed by atoms with van der Waals surface area (Å²) in [4.78, 5) is 4.58. The average molecular weight is 656 g/mol. The number of fused-ring (bicyclic) bond motifs is 4. The normalized spacial score (nSPS) is 12.5. The Kier molecular flexibility index (Phi) is 6.82. The Balaban J connectivity index is 0.000000196. The summed E-state index contributed by atoms with van der Waals surface area (Å²) in [6.45, 7) is 3.63. The molecule has 12 nitrogen and oxygen atoms in total. The van der Waals surface area contributed by atoms with Gasteiger partial charge in [-0.15, -0.1) is 19.4 Å². The molecule has 0 unspecified atom stereocenters. The molecule has 6 aromatic rings. The van der Waals surface area contributed by atoms with E-state index >= 15 is 0 Å². The van der Waals surface area contributed by atoms with Gasteiger partial charge < -0.3 is 0 Å². The molecule has 204 valence electrons. The van der Waals surface area contributed by atoms with E-state index in [2.05, 4.69) is 61.3 Å². The second-order valence-electron chi connectivity index (χ2n) is 8.53. The van der Waals surface area contributed by atoms with Crippen LogP contribution in [0.1, 0.15) is 11.3 Å². The van der Waals surface area contributed by atoms with Crippen molar-refractivity contribution in [2.45, 2.75) is 19.0 Å². The first kappa shape index (κ1) is 27.3. The van der Waals surface area contributed by atoms with Crippen molar-refractivity contribution in [3.05, 3.63) is 70.6 Å². The van der Waals surface area contributed by atoms with E-state index in [1.807, 2.05) is 4.40 Å². The maximum atomic E-state index is 13.7. The van der Waals surface area contributed by atoms with Gasteiger partial charge >= 0.3 is 20.2 Å². The molecule has 0 amide bonds. The Labute approximate surface area is 234 Å². The van der Waals surface area contributed by atoms with Crippen LogP contribution in [0.4, 0.5) is 4.39 Å². The van der Waals surface area contributed by atoms with E-state index in [4.69, 9.17) is 0 Å². The minimum Gasteiger partial charge on any atom is -0.272 e. The quantitative estimate of drug-likeness (QED) is 0.281. The van der Waals surface area contributed by atoms with E-state index < -0.39 is 31.2 Å². The number of hydrogen-bond acceptors (Lipinski definition) is 9. The molecule has 0 atom stereocenters. The number of nitrogens with zero attached hydrogens (tertiary/aromatic N) is 8. The Morgan fingerprint density at radius 2 is 1.79 bits per heavy atom. The third-order valence-electron chi connectivity index (χ3n) is 5.82. The van der Waals surface area contributed by atoms with Gasteiger partial charge in [0.25, 0.3) is 5.16 Å². The summed E-state index contributed by atoms with van der Waals surface area (Å²) in [6, 6.07) is 10.0. The van der Waals surface area contributed by atoms with Crippen molar-refractivity contribution in [2.24, 2.45) is 0 Å². The highest BCUT2D eigenvalue weighted by molar-refractivity contribution is 9.10. The largest absolute Gasteiger partial charge is 0.323 e. The molecule has 0 saturated carbocycles. The molecular formula is C22H20BrFN8O4S3. The fraction of sp³-hybridized carbons (Fsp3) is 0.182. The van der Waals surface area contributed by atoms with E-state index in [-0.39, 0.29) is 11.2 Å². The Morgan fingerprint density at radius 1 is 1.05 bits per heavy atom. The first-order valence-electron chi connectivity index (χ1n) is 11.1. The lowest BCUT2D eigenvalue weighted by Gasteiger charge is -2.09. The third-order valence-corrected chi connectivity index (χ3v) is 11.0. The highest BCUT2D eigenvalue weighted by Gasteiger charge is 2.30. The van der Waals surface area contributed by atoms with Gasteiger partial charge in [-0.2, -0.15) is 21.1 Å². The Bertz CT molecular complexity index is 2100. The van der Waals surface area contributed by atoms with Gasteiger partial charge in [-0.05, 0) is 59.6 Å². The van der Waals surface area contributed by atoms with E-state index in [1.165, 1.54) is 48.9 Å². The molecule has 0 spiro atoms. The molecule has 0 bridgehead atoms. The maximum Gasteiger partial charge on any atom is 0.323 e. The van der Waals surface area contributed by atoms with E-state index in [0.717, 1.165) is 25.6 Å². The van der Waals surface area contributed by atoms with Crippen molar-refractivity contribution in [2.75, 3.05) is 14.1 Å². The van der Waals surface area contributed by atoms with Crippen molar-refractivity contribution < 1.29 is 21.2 Å². The molecule has 4 aromatic heterocycles. The molecule has 0 fully saturated rings. The van der Waals surface area contributed by atoms with Crippen molar-refractivity contribution in [3.63, 3.8) is 0 Å². The van der Waals surface area contributed by atoms with Crippen LogP contribution >= 0.6 is 27.3 Å². The molecule has 6 rings (SSSR count). The molecule has 0 aliphatic heterocycles. The number of halogens is 2. The van der Waals surface area contributed by atoms with Crippen molar-refractivity contribution >= 4 is 73.6 Å². The Morgan fingerprint density at radius 3 is 2.51 bits per heavy atom. The number of aryl methyl sites for hydroxylation is 1. The van der Waals surface area contributed by atoms with Crippen LogP contribution in [0.15, 0.2) is 58.7 Å². The third kappa shape index (κ3) is 4.53. The van der Waals surface area contributed by atoms with Crippen LogP contribution in [-0.4, -0.2) is 68.0 Å². The summed E-state index contributed by atoms with van der Waals surface area (Å²) in [6.07, 6.45) is 2.56. The van der Waals surface area contributed by atoms with Gasteiger partial charge in [0.2, 0.25) is 4.96 Å². The molecule has 39 heavy (non-hydrogen) atoms. The van der Waals surface area contributed by atoms with Gasteiger partial charge in [-0.25, -0.2) is 13.3 Å². The van der Waals surface area contributed by atoms with Crippen LogP contribution in [0.3, 0.4) is 0 Å². The monoisotopic (exact) mass is 654 g/mol. The summed E-state index contributed by atoms with van der Waals surface area (Å²) < 4.78 is 69.7. The van der Waals surface area contributed by atoms with E-state index in [1.54, 1.807) is 17.7 Å². The molecule has 0 N–H and O–H groups in total. The standard InChI is InChI=1S/C13H13BrFN5O4S2.C9H7N3S/c1-8-12(14)10-5-4-9(15)6-11(10)20(8)25(21,22)13-16-7-19(17-13)26(23,24)18(2)3;1-6-3-2-4-7-8(6)12-5-10-11-9(12)13-7/h4-7H,1-3H3;2-5H,1H3. The second-order valence-corrected chi connectivity index (χ2v) is 14.0. The minimum atomic E-state index is -4.36. The van der Waals surface area contributed by atoms with Crippen molar-refractivity contribution in [3.8, 4) is 0 Å². The zero-order valence-electron chi connectivity index (χ0n) is 20.8. The SMILES string of the molecule is Cc1c(Br)c2ccc(F)cc2n1S(=O)(=O)c1ncn(S(=O)(=O)N(C)C)n1.Cc1cccc2sc3nncn3c12. The number of benzene rings is 2.